The van der Waals surface area contributed by atoms with Gasteiger partial charge >= 0.3 is 6.09 Å². The zero-order valence-corrected chi connectivity index (χ0v) is 18.2. The summed E-state index contributed by atoms with van der Waals surface area (Å²) < 4.78 is 6.74. The Hall–Kier alpha value is -3.94. The number of benzene rings is 2. The Labute approximate surface area is 185 Å². The molecule has 1 aliphatic rings. The molecule has 164 valence electrons. The van der Waals surface area contributed by atoms with Gasteiger partial charge in [0.25, 0.3) is 11.8 Å². The lowest BCUT2D eigenvalue weighted by Gasteiger charge is -2.24. The average molecular weight is 432 g/mol. The molecule has 1 aromatic heterocycles. The fourth-order valence-corrected chi connectivity index (χ4v) is 3.44. The zero-order valence-electron chi connectivity index (χ0n) is 18.2. The van der Waals surface area contributed by atoms with E-state index in [1.807, 2.05) is 12.1 Å². The number of aromatic nitrogens is 2. The van der Waals surface area contributed by atoms with Gasteiger partial charge in [-0.25, -0.2) is 4.79 Å². The molecule has 0 fully saturated rings. The molecule has 0 saturated heterocycles. The van der Waals surface area contributed by atoms with E-state index in [-0.39, 0.29) is 30.7 Å². The lowest BCUT2D eigenvalue weighted by molar-refractivity contribution is 0.0238. The summed E-state index contributed by atoms with van der Waals surface area (Å²) in [6, 6.07) is 17.5. The zero-order chi connectivity index (χ0) is 22.9. The Kier molecular flexibility index (Phi) is 5.52. The Bertz CT molecular complexity index is 1160. The fraction of sp³-hybridized carbons (Fsp3) is 0.250. The maximum Gasteiger partial charge on any atom is 0.410 e. The highest BCUT2D eigenvalue weighted by molar-refractivity contribution is 6.04. The molecule has 0 spiro atoms. The van der Waals surface area contributed by atoms with Crippen molar-refractivity contribution < 1.29 is 19.1 Å². The maximum atomic E-state index is 13.1. The summed E-state index contributed by atoms with van der Waals surface area (Å²) in [7, 11) is 0. The molecule has 32 heavy (non-hydrogen) atoms. The van der Waals surface area contributed by atoms with Crippen molar-refractivity contribution in [2.45, 2.75) is 39.5 Å². The number of carbonyl (C=O) groups is 3. The average Bonchev–Trinajstić information content (AvgIpc) is 3.34. The quantitative estimate of drug-likeness (QED) is 0.673. The second-order valence-corrected chi connectivity index (χ2v) is 8.51. The minimum Gasteiger partial charge on any atom is -0.444 e. The number of carbonyl (C=O) groups excluding carboxylic acids is 3. The van der Waals surface area contributed by atoms with Crippen LogP contribution in [0.5, 0.6) is 0 Å². The van der Waals surface area contributed by atoms with Crippen molar-refractivity contribution in [3.8, 4) is 0 Å². The van der Waals surface area contributed by atoms with Crippen LogP contribution in [0.3, 0.4) is 0 Å². The first kappa shape index (κ1) is 21.3. The second-order valence-electron chi connectivity index (χ2n) is 8.51. The molecule has 8 nitrogen and oxygen atoms in total. The Morgan fingerprint density at radius 3 is 2.09 bits per heavy atom. The maximum absolute atomic E-state index is 13.1. The molecule has 1 aliphatic heterocycles. The van der Waals surface area contributed by atoms with Crippen LogP contribution in [0.1, 0.15) is 52.7 Å². The smallest absolute Gasteiger partial charge is 0.410 e. The molecule has 2 aromatic carbocycles. The molecule has 3 aromatic rings. The van der Waals surface area contributed by atoms with Crippen LogP contribution in [0.15, 0.2) is 60.7 Å². The SMILES string of the molecule is CC(C)(C)OC(=O)N1Cc2c(NC(=O)c3ccccc3)nn(C(=O)c3ccccc3)c2C1. The summed E-state index contributed by atoms with van der Waals surface area (Å²) >= 11 is 0. The minimum absolute atomic E-state index is 0.150. The van der Waals surface area contributed by atoms with Gasteiger partial charge in [-0.15, -0.1) is 5.10 Å². The van der Waals surface area contributed by atoms with E-state index in [4.69, 9.17) is 4.74 Å². The van der Waals surface area contributed by atoms with E-state index >= 15 is 0 Å². The van der Waals surface area contributed by atoms with Gasteiger partial charge in [-0.05, 0) is 45.0 Å². The highest BCUT2D eigenvalue weighted by atomic mass is 16.6. The third-order valence-electron chi connectivity index (χ3n) is 4.91. The van der Waals surface area contributed by atoms with Crippen LogP contribution in [0.2, 0.25) is 0 Å². The molecular weight excluding hydrogens is 408 g/mol. The molecule has 2 amide bonds. The highest BCUT2D eigenvalue weighted by Gasteiger charge is 2.35. The predicted octanol–water partition coefficient (Wildman–Crippen LogP) is 4.07. The van der Waals surface area contributed by atoms with E-state index < -0.39 is 11.7 Å². The van der Waals surface area contributed by atoms with Crippen LogP contribution in [0.4, 0.5) is 10.6 Å². The summed E-state index contributed by atoms with van der Waals surface area (Å²) in [5.74, 6) is -0.432. The van der Waals surface area contributed by atoms with Crippen molar-refractivity contribution in [1.82, 2.24) is 14.7 Å². The minimum atomic E-state index is -0.651. The number of nitrogens with one attached hydrogen (secondary N) is 1. The summed E-state index contributed by atoms with van der Waals surface area (Å²) in [6.45, 7) is 5.70. The summed E-state index contributed by atoms with van der Waals surface area (Å²) in [5.41, 5.74) is 1.43. The van der Waals surface area contributed by atoms with Gasteiger partial charge < -0.3 is 10.1 Å². The van der Waals surface area contributed by atoms with Crippen LogP contribution in [-0.2, 0) is 17.8 Å². The number of hydrogen-bond acceptors (Lipinski definition) is 5. The third kappa shape index (κ3) is 4.39. The monoisotopic (exact) mass is 432 g/mol. The van der Waals surface area contributed by atoms with Gasteiger partial charge in [-0.3, -0.25) is 14.5 Å². The number of ether oxygens (including phenoxy) is 1. The highest BCUT2D eigenvalue weighted by Crippen LogP contribution is 2.31. The molecule has 2 heterocycles. The van der Waals surface area contributed by atoms with Gasteiger partial charge in [0.2, 0.25) is 0 Å². The molecule has 0 bridgehead atoms. The van der Waals surface area contributed by atoms with Crippen molar-refractivity contribution in [2.75, 3.05) is 5.32 Å². The van der Waals surface area contributed by atoms with E-state index in [0.717, 1.165) is 0 Å². The van der Waals surface area contributed by atoms with Crippen molar-refractivity contribution in [3.05, 3.63) is 83.0 Å². The summed E-state index contributed by atoms with van der Waals surface area (Å²) in [6.07, 6.45) is -0.493. The number of amides is 2. The number of rotatable bonds is 3. The van der Waals surface area contributed by atoms with Gasteiger partial charge in [-0.1, -0.05) is 36.4 Å². The number of anilines is 1. The fourth-order valence-electron chi connectivity index (χ4n) is 3.44. The molecule has 0 saturated carbocycles. The molecule has 1 N–H and O–H groups in total. The summed E-state index contributed by atoms with van der Waals surface area (Å²) in [4.78, 5) is 40.0. The van der Waals surface area contributed by atoms with E-state index in [0.29, 0.717) is 22.4 Å². The van der Waals surface area contributed by atoms with Gasteiger partial charge in [0.15, 0.2) is 5.82 Å². The van der Waals surface area contributed by atoms with E-state index in [1.165, 1.54) is 9.58 Å². The lowest BCUT2D eigenvalue weighted by Crippen LogP contribution is -2.34. The standard InChI is InChI=1S/C24H24N4O4/c1-24(2,3)32-23(31)27-14-18-19(15-27)28(22(30)17-12-8-5-9-13-17)26-20(18)25-21(29)16-10-6-4-7-11-16/h4-13H,14-15H2,1-3H3,(H,25,26,29). The van der Waals surface area contributed by atoms with Gasteiger partial charge in [0, 0.05) is 16.7 Å². The van der Waals surface area contributed by atoms with Gasteiger partial charge in [0.1, 0.15) is 5.60 Å². The molecule has 8 heteroatoms. The molecule has 0 aliphatic carbocycles. The number of nitrogens with zero attached hydrogens (tertiary/aromatic N) is 3. The van der Waals surface area contributed by atoms with E-state index in [2.05, 4.69) is 10.4 Å². The normalized spacial score (nSPS) is 12.9. The lowest BCUT2D eigenvalue weighted by atomic mass is 10.2. The van der Waals surface area contributed by atoms with Crippen molar-refractivity contribution in [2.24, 2.45) is 0 Å². The first-order valence-electron chi connectivity index (χ1n) is 10.3. The Morgan fingerprint density at radius 2 is 1.50 bits per heavy atom. The predicted molar refractivity (Wildman–Crippen MR) is 118 cm³/mol. The van der Waals surface area contributed by atoms with Crippen LogP contribution in [0, 0.1) is 0 Å². The Balaban J connectivity index is 1.67. The third-order valence-corrected chi connectivity index (χ3v) is 4.91. The van der Waals surface area contributed by atoms with Crippen molar-refractivity contribution in [3.63, 3.8) is 0 Å². The molecule has 0 unspecified atom stereocenters. The molecule has 0 radical (unpaired) electrons. The van der Waals surface area contributed by atoms with Crippen molar-refractivity contribution >= 4 is 23.7 Å². The first-order chi connectivity index (χ1) is 15.2. The molecule has 0 atom stereocenters. The Morgan fingerprint density at radius 1 is 0.906 bits per heavy atom. The summed E-state index contributed by atoms with van der Waals surface area (Å²) in [5, 5.41) is 7.19. The van der Waals surface area contributed by atoms with E-state index in [1.54, 1.807) is 69.3 Å². The largest absolute Gasteiger partial charge is 0.444 e. The van der Waals surface area contributed by atoms with Crippen molar-refractivity contribution in [1.29, 1.82) is 0 Å². The van der Waals surface area contributed by atoms with Gasteiger partial charge in [0.05, 0.1) is 18.8 Å². The van der Waals surface area contributed by atoms with Crippen LogP contribution < -0.4 is 5.32 Å². The topological polar surface area (TPSA) is 93.5 Å². The number of fused-ring (bicyclic) bond motifs is 1. The van der Waals surface area contributed by atoms with Gasteiger partial charge in [-0.2, -0.15) is 4.68 Å². The first-order valence-corrected chi connectivity index (χ1v) is 10.3. The van der Waals surface area contributed by atoms with Crippen LogP contribution in [-0.4, -0.2) is 38.2 Å². The second kappa shape index (κ2) is 8.30. The molecular formula is C24H24N4O4. The van der Waals surface area contributed by atoms with Crippen LogP contribution >= 0.6 is 0 Å². The number of hydrogen-bond donors (Lipinski definition) is 1. The molecule has 4 rings (SSSR count). The van der Waals surface area contributed by atoms with E-state index in [9.17, 15) is 14.4 Å². The van der Waals surface area contributed by atoms with Crippen LogP contribution in [0.25, 0.3) is 0 Å².